The second-order valence-corrected chi connectivity index (χ2v) is 5.88. The molecule has 0 bridgehead atoms. The molecule has 0 spiro atoms. The molecule has 126 valence electrons. The fourth-order valence-electron chi connectivity index (χ4n) is 1.63. The van der Waals surface area contributed by atoms with Crippen LogP contribution in [0.2, 0.25) is 0 Å². The number of aromatic nitrogens is 2. The van der Waals surface area contributed by atoms with Gasteiger partial charge in [-0.15, -0.1) is 0 Å². The van der Waals surface area contributed by atoms with E-state index in [4.69, 9.17) is 10.8 Å². The average molecular weight is 338 g/mol. The number of rotatable bonds is 8. The second-order valence-electron chi connectivity index (χ2n) is 4.93. The Bertz CT molecular complexity index is 629. The van der Waals surface area contributed by atoms with Gasteiger partial charge in [0.15, 0.2) is 5.16 Å². The summed E-state index contributed by atoms with van der Waals surface area (Å²) in [5.74, 6) is 0.967. The lowest BCUT2D eigenvalue weighted by Gasteiger charge is -2.10. The summed E-state index contributed by atoms with van der Waals surface area (Å²) in [5.41, 5.74) is 7.54. The first-order valence-corrected chi connectivity index (χ1v) is 8.17. The molecule has 0 aromatic carbocycles. The van der Waals surface area contributed by atoms with E-state index in [1.165, 1.54) is 11.8 Å². The highest BCUT2D eigenvalue weighted by Crippen LogP contribution is 2.27. The van der Waals surface area contributed by atoms with E-state index in [0.29, 0.717) is 45.8 Å². The van der Waals surface area contributed by atoms with Gasteiger partial charge in [-0.05, 0) is 31.9 Å². The van der Waals surface area contributed by atoms with Crippen molar-refractivity contribution in [3.8, 4) is 0 Å². The van der Waals surface area contributed by atoms with E-state index >= 15 is 0 Å². The maximum Gasteiger partial charge on any atom is 0.191 e. The summed E-state index contributed by atoms with van der Waals surface area (Å²) >= 11 is 1.30. The van der Waals surface area contributed by atoms with Crippen molar-refractivity contribution in [3.05, 3.63) is 41.3 Å². The molecule has 0 aliphatic rings. The summed E-state index contributed by atoms with van der Waals surface area (Å²) < 4.78 is 14.4. The van der Waals surface area contributed by atoms with Crippen molar-refractivity contribution in [2.45, 2.75) is 25.9 Å². The van der Waals surface area contributed by atoms with Gasteiger partial charge in [-0.25, -0.2) is 14.4 Å². The Balaban J connectivity index is 2.86. The van der Waals surface area contributed by atoms with Crippen LogP contribution in [0.5, 0.6) is 0 Å². The first-order valence-electron chi connectivity index (χ1n) is 7.19. The summed E-state index contributed by atoms with van der Waals surface area (Å²) in [6, 6.07) is 1.59. The number of nitrogens with one attached hydrogen (secondary N) is 1. The maximum absolute atomic E-state index is 14.4. The smallest absolute Gasteiger partial charge is 0.191 e. The summed E-state index contributed by atoms with van der Waals surface area (Å²) in [6.07, 6.45) is 1.73. The fraction of sp³-hybridized carbons (Fsp3) is 0.375. The van der Waals surface area contributed by atoms with Gasteiger partial charge in [-0.1, -0.05) is 30.0 Å². The number of anilines is 2. The van der Waals surface area contributed by atoms with Gasteiger partial charge in [0.2, 0.25) is 0 Å². The highest BCUT2D eigenvalue weighted by Gasteiger charge is 2.11. The highest BCUT2D eigenvalue weighted by atomic mass is 32.2. The third kappa shape index (κ3) is 6.03. The van der Waals surface area contributed by atoms with E-state index in [2.05, 4.69) is 21.9 Å². The van der Waals surface area contributed by atoms with Crippen LogP contribution in [-0.2, 0) is 0 Å². The minimum absolute atomic E-state index is 0.00864. The van der Waals surface area contributed by atoms with Crippen LogP contribution >= 0.6 is 11.8 Å². The first-order chi connectivity index (χ1) is 10.9. The number of halogens is 1. The standard InChI is InChI=1S/C16H23FN4OS/c1-5-12(15(17)11(4)10(2)3)9-23-16-20-13(18)8-14(21-16)19-6-7-22/h5,8,22H,2,6-7,9H2,1,3-4H3,(H3,18,19,20,21)/b12-5?,15-11+. The van der Waals surface area contributed by atoms with Crippen LogP contribution in [0.25, 0.3) is 0 Å². The number of hydrogen-bond donors (Lipinski definition) is 3. The van der Waals surface area contributed by atoms with Crippen molar-refractivity contribution in [1.82, 2.24) is 9.97 Å². The van der Waals surface area contributed by atoms with Gasteiger partial charge >= 0.3 is 0 Å². The summed E-state index contributed by atoms with van der Waals surface area (Å²) in [6.45, 7) is 9.39. The van der Waals surface area contributed by atoms with E-state index < -0.39 is 0 Å². The molecule has 1 heterocycles. The number of aliphatic hydroxyl groups is 1. The third-order valence-corrected chi connectivity index (χ3v) is 4.00. The van der Waals surface area contributed by atoms with Crippen LogP contribution in [0.15, 0.2) is 46.4 Å². The number of aliphatic hydroxyl groups excluding tert-OH is 1. The summed E-state index contributed by atoms with van der Waals surface area (Å²) in [4.78, 5) is 8.41. The molecule has 23 heavy (non-hydrogen) atoms. The Hall–Kier alpha value is -1.86. The Morgan fingerprint density at radius 2 is 2.17 bits per heavy atom. The molecule has 0 saturated heterocycles. The molecule has 0 unspecified atom stereocenters. The van der Waals surface area contributed by atoms with Crippen molar-refractivity contribution in [2.75, 3.05) is 30.0 Å². The van der Waals surface area contributed by atoms with Crippen molar-refractivity contribution < 1.29 is 9.50 Å². The first kappa shape index (κ1) is 19.2. The minimum atomic E-state index is -0.268. The van der Waals surface area contributed by atoms with E-state index in [1.54, 1.807) is 32.9 Å². The van der Waals surface area contributed by atoms with Gasteiger partial charge in [0.25, 0.3) is 0 Å². The number of nitrogens with two attached hydrogens (primary N) is 1. The summed E-state index contributed by atoms with van der Waals surface area (Å²) in [5, 5.41) is 12.2. The van der Waals surface area contributed by atoms with Crippen LogP contribution < -0.4 is 11.1 Å². The predicted octanol–water partition coefficient (Wildman–Crippen LogP) is 3.32. The molecule has 0 aliphatic carbocycles. The van der Waals surface area contributed by atoms with Crippen molar-refractivity contribution in [1.29, 1.82) is 0 Å². The van der Waals surface area contributed by atoms with Crippen LogP contribution in [0, 0.1) is 0 Å². The van der Waals surface area contributed by atoms with Crippen molar-refractivity contribution in [2.24, 2.45) is 0 Å². The van der Waals surface area contributed by atoms with Gasteiger partial charge in [0.05, 0.1) is 6.61 Å². The molecule has 0 amide bonds. The summed E-state index contributed by atoms with van der Waals surface area (Å²) in [7, 11) is 0. The zero-order valence-corrected chi connectivity index (χ0v) is 14.5. The lowest BCUT2D eigenvalue weighted by Crippen LogP contribution is -2.08. The quantitative estimate of drug-likeness (QED) is 0.383. The second kappa shape index (κ2) is 9.32. The minimum Gasteiger partial charge on any atom is -0.395 e. The number of nitrogen functional groups attached to an aromatic ring is 1. The molecular weight excluding hydrogens is 315 g/mol. The van der Waals surface area contributed by atoms with Crippen LogP contribution in [0.1, 0.15) is 20.8 Å². The molecule has 1 rings (SSSR count). The molecular formula is C16H23FN4OS. The number of allylic oxidation sites excluding steroid dienone is 4. The molecule has 0 fully saturated rings. The lowest BCUT2D eigenvalue weighted by atomic mass is 10.1. The number of hydrogen-bond acceptors (Lipinski definition) is 6. The SMILES string of the molecule is C=C(C)/C(C)=C(/F)C(=CC)CSc1nc(N)cc(NCCO)n1. The largest absolute Gasteiger partial charge is 0.395 e. The van der Waals surface area contributed by atoms with E-state index in [1.807, 2.05) is 0 Å². The van der Waals surface area contributed by atoms with Gasteiger partial charge < -0.3 is 16.2 Å². The van der Waals surface area contributed by atoms with Crippen LogP contribution in [-0.4, -0.2) is 34.0 Å². The Kier molecular flexibility index (Phi) is 7.77. The molecule has 0 radical (unpaired) electrons. The predicted molar refractivity (Wildman–Crippen MR) is 95.1 cm³/mol. The number of nitrogens with zero attached hydrogens (tertiary/aromatic N) is 2. The lowest BCUT2D eigenvalue weighted by molar-refractivity contribution is 0.311. The Morgan fingerprint density at radius 1 is 1.48 bits per heavy atom. The van der Waals surface area contributed by atoms with Gasteiger partial charge in [-0.3, -0.25) is 0 Å². The molecule has 0 aliphatic heterocycles. The average Bonchev–Trinajstić information content (AvgIpc) is 2.51. The molecule has 4 N–H and O–H groups in total. The monoisotopic (exact) mass is 338 g/mol. The van der Waals surface area contributed by atoms with E-state index in [9.17, 15) is 4.39 Å². The molecule has 7 heteroatoms. The Labute approximate surface area is 140 Å². The molecule has 0 atom stereocenters. The van der Waals surface area contributed by atoms with E-state index in [-0.39, 0.29) is 12.4 Å². The topological polar surface area (TPSA) is 84.1 Å². The van der Waals surface area contributed by atoms with Crippen LogP contribution in [0.4, 0.5) is 16.0 Å². The van der Waals surface area contributed by atoms with E-state index in [0.717, 1.165) is 0 Å². The van der Waals surface area contributed by atoms with Gasteiger partial charge in [0.1, 0.15) is 17.5 Å². The maximum atomic E-state index is 14.4. The van der Waals surface area contributed by atoms with Crippen molar-refractivity contribution >= 4 is 23.4 Å². The molecule has 0 saturated carbocycles. The van der Waals surface area contributed by atoms with Gasteiger partial charge in [-0.2, -0.15) is 0 Å². The third-order valence-electron chi connectivity index (χ3n) is 3.10. The van der Waals surface area contributed by atoms with Gasteiger partial charge in [0, 0.05) is 18.4 Å². The van der Waals surface area contributed by atoms with Crippen molar-refractivity contribution in [3.63, 3.8) is 0 Å². The molecule has 1 aromatic rings. The zero-order valence-electron chi connectivity index (χ0n) is 13.7. The zero-order chi connectivity index (χ0) is 17.4. The molecule has 5 nitrogen and oxygen atoms in total. The normalized spacial score (nSPS) is 12.8. The Morgan fingerprint density at radius 3 is 2.74 bits per heavy atom. The molecule has 1 aromatic heterocycles. The highest BCUT2D eigenvalue weighted by molar-refractivity contribution is 7.99. The number of thioether (sulfide) groups is 1. The van der Waals surface area contributed by atoms with Crippen LogP contribution in [0.3, 0.4) is 0 Å². The fourth-order valence-corrected chi connectivity index (χ4v) is 2.54.